The van der Waals surface area contributed by atoms with Crippen LogP contribution in [0.5, 0.6) is 0 Å². The van der Waals surface area contributed by atoms with Crippen LogP contribution in [0.1, 0.15) is 61.9 Å². The van der Waals surface area contributed by atoms with Crippen LogP contribution < -0.4 is 5.32 Å². The van der Waals surface area contributed by atoms with Crippen molar-refractivity contribution in [2.75, 3.05) is 18.5 Å². The van der Waals surface area contributed by atoms with Crippen LogP contribution in [0.25, 0.3) is 0 Å². The molecule has 1 aliphatic carbocycles. The third-order valence-electron chi connectivity index (χ3n) is 4.84. The molecule has 0 aromatic carbocycles. The van der Waals surface area contributed by atoms with Gasteiger partial charge in [-0.3, -0.25) is 0 Å². The Morgan fingerprint density at radius 1 is 1.26 bits per heavy atom. The number of aromatic nitrogens is 1. The highest BCUT2D eigenvalue weighted by molar-refractivity contribution is 5.60. The number of nitrogens with one attached hydrogen (secondary N) is 1. The molecule has 1 N–H and O–H groups in total. The molecule has 4 heteroatoms. The zero-order valence-corrected chi connectivity index (χ0v) is 14.3. The third kappa shape index (κ3) is 3.67. The summed E-state index contributed by atoms with van der Waals surface area (Å²) in [6.45, 7) is 6.07. The quantitative estimate of drug-likeness (QED) is 0.902. The topological polar surface area (TPSA) is 57.9 Å². The summed E-state index contributed by atoms with van der Waals surface area (Å²) < 4.78 is 5.68. The van der Waals surface area contributed by atoms with Gasteiger partial charge in [0, 0.05) is 18.8 Å². The van der Waals surface area contributed by atoms with Crippen molar-refractivity contribution in [2.24, 2.45) is 5.92 Å². The van der Waals surface area contributed by atoms with Crippen molar-refractivity contribution in [3.8, 4) is 6.07 Å². The predicted octanol–water partition coefficient (Wildman–Crippen LogP) is 3.62. The van der Waals surface area contributed by atoms with Gasteiger partial charge in [-0.25, -0.2) is 4.98 Å². The lowest BCUT2D eigenvalue weighted by atomic mass is 9.86. The maximum Gasteiger partial charge on any atom is 0.144 e. The predicted molar refractivity (Wildman–Crippen MR) is 91.6 cm³/mol. The van der Waals surface area contributed by atoms with Gasteiger partial charge in [0.25, 0.3) is 0 Å². The fourth-order valence-corrected chi connectivity index (χ4v) is 3.72. The highest BCUT2D eigenvalue weighted by Gasteiger charge is 2.23. The molecule has 2 heterocycles. The fourth-order valence-electron chi connectivity index (χ4n) is 3.72. The van der Waals surface area contributed by atoms with E-state index < -0.39 is 0 Å². The molecule has 0 saturated carbocycles. The van der Waals surface area contributed by atoms with Crippen LogP contribution in [0.15, 0.2) is 0 Å². The molecule has 1 aromatic heterocycles. The third-order valence-corrected chi connectivity index (χ3v) is 4.84. The largest absolute Gasteiger partial charge is 0.376 e. The Bertz CT molecular complexity index is 598. The van der Waals surface area contributed by atoms with Crippen molar-refractivity contribution in [1.29, 1.82) is 5.26 Å². The van der Waals surface area contributed by atoms with Crippen LogP contribution in [-0.2, 0) is 24.0 Å². The van der Waals surface area contributed by atoms with Crippen molar-refractivity contribution in [3.05, 3.63) is 22.4 Å². The molecule has 3 rings (SSSR count). The molecule has 0 amide bonds. The lowest BCUT2D eigenvalue weighted by Crippen LogP contribution is -2.22. The summed E-state index contributed by atoms with van der Waals surface area (Å²) in [5.74, 6) is 1.35. The van der Waals surface area contributed by atoms with Crippen molar-refractivity contribution in [2.45, 2.75) is 64.9 Å². The molecule has 4 nitrogen and oxygen atoms in total. The summed E-state index contributed by atoms with van der Waals surface area (Å²) >= 11 is 0. The van der Waals surface area contributed by atoms with Crippen LogP contribution >= 0.6 is 0 Å². The Hall–Kier alpha value is -1.60. The van der Waals surface area contributed by atoms with E-state index in [0.717, 1.165) is 56.6 Å². The van der Waals surface area contributed by atoms with Crippen LogP contribution in [0, 0.1) is 17.2 Å². The summed E-state index contributed by atoms with van der Waals surface area (Å²) in [6, 6.07) is 2.41. The number of hydrogen-bond donors (Lipinski definition) is 1. The molecular formula is C19H27N3O. The van der Waals surface area contributed by atoms with Crippen LogP contribution in [0.2, 0.25) is 0 Å². The van der Waals surface area contributed by atoms with Crippen LogP contribution in [0.4, 0.5) is 5.82 Å². The Kier molecular flexibility index (Phi) is 5.17. The van der Waals surface area contributed by atoms with E-state index >= 15 is 0 Å². The first-order valence-corrected chi connectivity index (χ1v) is 8.99. The van der Waals surface area contributed by atoms with Gasteiger partial charge in [0.15, 0.2) is 0 Å². The Morgan fingerprint density at radius 3 is 2.70 bits per heavy atom. The average Bonchev–Trinajstić information content (AvgIpc) is 3.06. The molecular weight excluding hydrogens is 286 g/mol. The summed E-state index contributed by atoms with van der Waals surface area (Å²) in [5.41, 5.74) is 4.57. The van der Waals surface area contributed by atoms with Gasteiger partial charge in [0.2, 0.25) is 0 Å². The van der Waals surface area contributed by atoms with E-state index in [2.05, 4.69) is 25.2 Å². The first kappa shape index (κ1) is 16.3. The molecule has 23 heavy (non-hydrogen) atoms. The lowest BCUT2D eigenvalue weighted by Gasteiger charge is -2.23. The fraction of sp³-hybridized carbons (Fsp3) is 0.684. The lowest BCUT2D eigenvalue weighted by molar-refractivity contribution is 0.120. The molecule has 1 saturated heterocycles. The molecule has 1 fully saturated rings. The Labute approximate surface area is 139 Å². The second kappa shape index (κ2) is 7.31. The molecule has 2 aliphatic rings. The van der Waals surface area contributed by atoms with E-state index in [9.17, 15) is 5.26 Å². The maximum absolute atomic E-state index is 9.68. The summed E-state index contributed by atoms with van der Waals surface area (Å²) in [6.07, 6.45) is 7.96. The number of anilines is 1. The highest BCUT2D eigenvalue weighted by atomic mass is 16.5. The van der Waals surface area contributed by atoms with Gasteiger partial charge in [-0.2, -0.15) is 5.26 Å². The van der Waals surface area contributed by atoms with Gasteiger partial charge in [-0.05, 0) is 62.0 Å². The minimum Gasteiger partial charge on any atom is -0.376 e. The summed E-state index contributed by atoms with van der Waals surface area (Å²) in [4.78, 5) is 4.87. The van der Waals surface area contributed by atoms with Gasteiger partial charge < -0.3 is 10.1 Å². The molecule has 0 radical (unpaired) electrons. The molecule has 0 unspecified atom stereocenters. The van der Waals surface area contributed by atoms with Crippen LogP contribution in [0.3, 0.4) is 0 Å². The van der Waals surface area contributed by atoms with E-state index in [0.29, 0.717) is 5.92 Å². The molecule has 124 valence electrons. The first-order valence-electron chi connectivity index (χ1n) is 8.99. The van der Waals surface area contributed by atoms with Crippen molar-refractivity contribution in [3.63, 3.8) is 0 Å². The van der Waals surface area contributed by atoms with Crippen LogP contribution in [-0.4, -0.2) is 24.2 Å². The number of nitriles is 1. The SMILES string of the molecule is CC(C)Cc1nc(NC[C@H]2CCCO2)c(C#N)c2c1CCCC2. The van der Waals surface area contributed by atoms with Gasteiger partial charge in [-0.15, -0.1) is 0 Å². The number of ether oxygens (including phenoxy) is 1. The highest BCUT2D eigenvalue weighted by Crippen LogP contribution is 2.31. The Morgan fingerprint density at radius 2 is 2.04 bits per heavy atom. The van der Waals surface area contributed by atoms with E-state index in [4.69, 9.17) is 9.72 Å². The standard InChI is InChI=1S/C19H27N3O/c1-13(2)10-18-16-8-4-3-7-15(16)17(11-20)19(22-18)21-12-14-6-5-9-23-14/h13-14H,3-10,12H2,1-2H3,(H,21,22)/t14-/m1/s1. The molecule has 0 spiro atoms. The summed E-state index contributed by atoms with van der Waals surface area (Å²) in [5, 5.41) is 13.1. The van der Waals surface area contributed by atoms with Gasteiger partial charge in [-0.1, -0.05) is 13.8 Å². The minimum atomic E-state index is 0.257. The second-order valence-electron chi connectivity index (χ2n) is 7.17. The van der Waals surface area contributed by atoms with Gasteiger partial charge >= 0.3 is 0 Å². The Balaban J connectivity index is 1.91. The number of fused-ring (bicyclic) bond motifs is 1. The second-order valence-corrected chi connectivity index (χ2v) is 7.17. The number of hydrogen-bond acceptors (Lipinski definition) is 4. The molecule has 1 aromatic rings. The zero-order chi connectivity index (χ0) is 16.2. The van der Waals surface area contributed by atoms with Gasteiger partial charge in [0.1, 0.15) is 11.9 Å². The van der Waals surface area contributed by atoms with E-state index in [-0.39, 0.29) is 6.10 Å². The molecule has 1 aliphatic heterocycles. The monoisotopic (exact) mass is 313 g/mol. The number of pyridine rings is 1. The van der Waals surface area contributed by atoms with E-state index in [1.54, 1.807) is 0 Å². The number of rotatable bonds is 5. The zero-order valence-electron chi connectivity index (χ0n) is 14.3. The van der Waals surface area contributed by atoms with E-state index in [1.807, 2.05) is 0 Å². The minimum absolute atomic E-state index is 0.257. The first-order chi connectivity index (χ1) is 11.2. The summed E-state index contributed by atoms with van der Waals surface area (Å²) in [7, 11) is 0. The van der Waals surface area contributed by atoms with Crippen molar-refractivity contribution in [1.82, 2.24) is 4.98 Å². The number of nitrogens with zero attached hydrogens (tertiary/aromatic N) is 2. The molecule has 0 bridgehead atoms. The average molecular weight is 313 g/mol. The normalized spacial score (nSPS) is 20.3. The van der Waals surface area contributed by atoms with Crippen molar-refractivity contribution < 1.29 is 4.74 Å². The molecule has 1 atom stereocenters. The van der Waals surface area contributed by atoms with Crippen molar-refractivity contribution >= 4 is 5.82 Å². The van der Waals surface area contributed by atoms with E-state index in [1.165, 1.54) is 29.7 Å². The van der Waals surface area contributed by atoms with Gasteiger partial charge in [0.05, 0.1) is 11.7 Å². The maximum atomic E-state index is 9.68. The smallest absolute Gasteiger partial charge is 0.144 e.